The topological polar surface area (TPSA) is 26.0 Å². The highest BCUT2D eigenvalue weighted by molar-refractivity contribution is 7.08. The van der Waals surface area contributed by atoms with Crippen LogP contribution in [0.3, 0.4) is 0 Å². The second-order valence-electron chi connectivity index (χ2n) is 3.42. The maximum atomic E-state index is 5.80. The lowest BCUT2D eigenvalue weighted by molar-refractivity contribution is 0.632. The molecule has 1 aliphatic rings. The molecule has 1 aromatic rings. The third kappa shape index (κ3) is 1.33. The summed E-state index contributed by atoms with van der Waals surface area (Å²) in [5.74, 6) is 1.53. The molecule has 0 radical (unpaired) electrons. The highest BCUT2D eigenvalue weighted by Gasteiger charge is 2.40. The number of nitrogens with two attached hydrogens (primary N) is 1. The van der Waals surface area contributed by atoms with Gasteiger partial charge in [-0.05, 0) is 47.6 Å². The molecule has 1 aliphatic carbocycles. The van der Waals surface area contributed by atoms with Crippen LogP contribution < -0.4 is 5.73 Å². The lowest BCUT2D eigenvalue weighted by Crippen LogP contribution is -2.17. The van der Waals surface area contributed by atoms with E-state index in [-0.39, 0.29) is 0 Å². The summed E-state index contributed by atoms with van der Waals surface area (Å²) in [6, 6.07) is 2.59. The van der Waals surface area contributed by atoms with Crippen LogP contribution in [0.5, 0.6) is 0 Å². The lowest BCUT2D eigenvalue weighted by Gasteiger charge is -2.00. The largest absolute Gasteiger partial charge is 0.328 e. The molecule has 0 unspecified atom stereocenters. The average molecular weight is 167 g/mol. The molecule has 2 rings (SSSR count). The Morgan fingerprint density at radius 3 is 3.00 bits per heavy atom. The van der Waals surface area contributed by atoms with Crippen LogP contribution in [0.15, 0.2) is 16.8 Å². The van der Waals surface area contributed by atoms with Gasteiger partial charge < -0.3 is 5.73 Å². The van der Waals surface area contributed by atoms with Crippen LogP contribution in [0.2, 0.25) is 0 Å². The molecular weight excluding hydrogens is 154 g/mol. The van der Waals surface area contributed by atoms with Crippen LogP contribution in [-0.2, 0) is 0 Å². The number of hydrogen-bond donors (Lipinski definition) is 1. The van der Waals surface area contributed by atoms with Crippen LogP contribution in [0, 0.1) is 5.92 Å². The summed E-state index contributed by atoms with van der Waals surface area (Å²) in [5.41, 5.74) is 7.30. The molecule has 1 nitrogen and oxygen atoms in total. The second kappa shape index (κ2) is 2.61. The molecule has 1 fully saturated rings. The lowest BCUT2D eigenvalue weighted by atomic mass is 10.1. The average Bonchev–Trinajstić information content (AvgIpc) is 2.60. The zero-order valence-electron chi connectivity index (χ0n) is 6.66. The molecular formula is C9H13NS. The van der Waals surface area contributed by atoms with Crippen molar-refractivity contribution in [1.29, 1.82) is 0 Å². The van der Waals surface area contributed by atoms with E-state index in [4.69, 9.17) is 5.73 Å². The van der Waals surface area contributed by atoms with Crippen molar-refractivity contribution in [1.82, 2.24) is 0 Å². The van der Waals surface area contributed by atoms with Gasteiger partial charge in [0.1, 0.15) is 0 Å². The van der Waals surface area contributed by atoms with Crippen LogP contribution in [0.4, 0.5) is 0 Å². The van der Waals surface area contributed by atoms with E-state index in [0.29, 0.717) is 6.04 Å². The highest BCUT2D eigenvalue weighted by atomic mass is 32.1. The van der Waals surface area contributed by atoms with Crippen LogP contribution in [-0.4, -0.2) is 6.04 Å². The minimum atomic E-state index is 0.375. The first-order chi connectivity index (χ1) is 5.29. The predicted octanol–water partition coefficient (Wildman–Crippen LogP) is 2.20. The van der Waals surface area contributed by atoms with Gasteiger partial charge in [-0.2, -0.15) is 11.3 Å². The second-order valence-corrected chi connectivity index (χ2v) is 4.20. The SMILES string of the molecule is C[C@@H](N)[C@H]1C[C@@H]1c1ccsc1. The van der Waals surface area contributed by atoms with E-state index in [0.717, 1.165) is 11.8 Å². The summed E-state index contributed by atoms with van der Waals surface area (Å²) in [7, 11) is 0. The number of thiophene rings is 1. The Balaban J connectivity index is 2.02. The Morgan fingerprint density at radius 1 is 1.73 bits per heavy atom. The van der Waals surface area contributed by atoms with E-state index in [1.807, 2.05) is 0 Å². The van der Waals surface area contributed by atoms with Crippen molar-refractivity contribution in [3.05, 3.63) is 22.4 Å². The van der Waals surface area contributed by atoms with Gasteiger partial charge >= 0.3 is 0 Å². The Bertz CT molecular complexity index is 228. The van der Waals surface area contributed by atoms with Crippen molar-refractivity contribution < 1.29 is 0 Å². The van der Waals surface area contributed by atoms with Gasteiger partial charge in [-0.15, -0.1) is 0 Å². The van der Waals surface area contributed by atoms with E-state index < -0.39 is 0 Å². The van der Waals surface area contributed by atoms with Gasteiger partial charge in [-0.3, -0.25) is 0 Å². The van der Waals surface area contributed by atoms with Gasteiger partial charge in [-0.1, -0.05) is 0 Å². The molecule has 1 saturated carbocycles. The van der Waals surface area contributed by atoms with Crippen LogP contribution in [0.1, 0.15) is 24.8 Å². The van der Waals surface area contributed by atoms with E-state index in [9.17, 15) is 0 Å². The minimum Gasteiger partial charge on any atom is -0.328 e. The van der Waals surface area contributed by atoms with Crippen molar-refractivity contribution >= 4 is 11.3 Å². The quantitative estimate of drug-likeness (QED) is 0.718. The molecule has 1 heterocycles. The van der Waals surface area contributed by atoms with Gasteiger partial charge in [0, 0.05) is 6.04 Å². The smallest absolute Gasteiger partial charge is 0.00448 e. The normalized spacial score (nSPS) is 31.8. The van der Waals surface area contributed by atoms with E-state index >= 15 is 0 Å². The zero-order valence-corrected chi connectivity index (χ0v) is 7.47. The molecule has 3 atom stereocenters. The first-order valence-corrected chi connectivity index (χ1v) is 5.01. The number of hydrogen-bond acceptors (Lipinski definition) is 2. The maximum Gasteiger partial charge on any atom is 0.00448 e. The van der Waals surface area contributed by atoms with Crippen molar-refractivity contribution in [2.75, 3.05) is 0 Å². The van der Waals surface area contributed by atoms with Gasteiger partial charge in [0.2, 0.25) is 0 Å². The van der Waals surface area contributed by atoms with Gasteiger partial charge in [0.25, 0.3) is 0 Å². The Kier molecular flexibility index (Phi) is 1.74. The van der Waals surface area contributed by atoms with Crippen LogP contribution >= 0.6 is 11.3 Å². The van der Waals surface area contributed by atoms with Crippen molar-refractivity contribution in [2.24, 2.45) is 11.7 Å². The fraction of sp³-hybridized carbons (Fsp3) is 0.556. The minimum absolute atomic E-state index is 0.375. The molecule has 2 heteroatoms. The van der Waals surface area contributed by atoms with Crippen LogP contribution in [0.25, 0.3) is 0 Å². The summed E-state index contributed by atoms with van der Waals surface area (Å²) < 4.78 is 0. The monoisotopic (exact) mass is 167 g/mol. The molecule has 11 heavy (non-hydrogen) atoms. The highest BCUT2D eigenvalue weighted by Crippen LogP contribution is 2.49. The predicted molar refractivity (Wildman–Crippen MR) is 48.8 cm³/mol. The summed E-state index contributed by atoms with van der Waals surface area (Å²) >= 11 is 1.78. The standard InChI is InChI=1S/C9H13NS/c1-6(10)8-4-9(8)7-2-3-11-5-7/h2-3,5-6,8-9H,4,10H2,1H3/t6-,8-,9-/m1/s1. The van der Waals surface area contributed by atoms with E-state index in [2.05, 4.69) is 23.8 Å². The third-order valence-corrected chi connectivity index (χ3v) is 3.19. The Hall–Kier alpha value is -0.340. The van der Waals surface area contributed by atoms with Crippen molar-refractivity contribution in [2.45, 2.75) is 25.3 Å². The first kappa shape index (κ1) is 7.32. The van der Waals surface area contributed by atoms with Crippen molar-refractivity contribution in [3.8, 4) is 0 Å². The molecule has 2 N–H and O–H groups in total. The first-order valence-electron chi connectivity index (χ1n) is 4.06. The maximum absolute atomic E-state index is 5.80. The summed E-state index contributed by atoms with van der Waals surface area (Å²) in [4.78, 5) is 0. The molecule has 1 aromatic heterocycles. The molecule has 0 aromatic carbocycles. The molecule has 60 valence electrons. The van der Waals surface area contributed by atoms with Gasteiger partial charge in [0.15, 0.2) is 0 Å². The summed E-state index contributed by atoms with van der Waals surface area (Å²) in [6.07, 6.45) is 1.30. The summed E-state index contributed by atoms with van der Waals surface area (Å²) in [5, 5.41) is 4.39. The molecule has 0 aliphatic heterocycles. The van der Waals surface area contributed by atoms with E-state index in [1.165, 1.54) is 12.0 Å². The zero-order chi connectivity index (χ0) is 7.84. The molecule has 0 spiro atoms. The fourth-order valence-corrected chi connectivity index (χ4v) is 2.39. The molecule has 0 saturated heterocycles. The number of rotatable bonds is 2. The van der Waals surface area contributed by atoms with Gasteiger partial charge in [0.05, 0.1) is 0 Å². The Morgan fingerprint density at radius 2 is 2.55 bits per heavy atom. The van der Waals surface area contributed by atoms with Crippen molar-refractivity contribution in [3.63, 3.8) is 0 Å². The van der Waals surface area contributed by atoms with Gasteiger partial charge in [-0.25, -0.2) is 0 Å². The summed E-state index contributed by atoms with van der Waals surface area (Å²) in [6.45, 7) is 2.11. The molecule has 0 bridgehead atoms. The Labute approximate surface area is 71.2 Å². The van der Waals surface area contributed by atoms with E-state index in [1.54, 1.807) is 11.3 Å². The molecule has 0 amide bonds. The fourth-order valence-electron chi connectivity index (χ4n) is 1.66. The third-order valence-electron chi connectivity index (χ3n) is 2.49.